The lowest BCUT2D eigenvalue weighted by molar-refractivity contribution is 0.827. The first-order chi connectivity index (χ1) is 5.72. The predicted molar refractivity (Wildman–Crippen MR) is 48.3 cm³/mol. The molecule has 0 aliphatic rings. The highest BCUT2D eigenvalue weighted by Gasteiger charge is 2.04. The number of nitrogens with zero attached hydrogens (tertiary/aromatic N) is 4. The topological polar surface area (TPSA) is 35.6 Å². The molecule has 0 radical (unpaired) electrons. The molecule has 2 aromatic rings. The van der Waals surface area contributed by atoms with Gasteiger partial charge in [-0.15, -0.1) is 0 Å². The second kappa shape index (κ2) is 2.38. The molecule has 62 valence electrons. The number of imidazole rings is 1. The summed E-state index contributed by atoms with van der Waals surface area (Å²) in [7, 11) is 3.78. The summed E-state index contributed by atoms with van der Waals surface area (Å²) in [5, 5.41) is 0. The van der Waals surface area contributed by atoms with Crippen LogP contribution in [0.5, 0.6) is 0 Å². The maximum absolute atomic E-state index is 5.14. The van der Waals surface area contributed by atoms with E-state index in [-0.39, 0.29) is 0 Å². The Labute approximate surface area is 74.5 Å². The van der Waals surface area contributed by atoms with Crippen LogP contribution in [0.3, 0.4) is 0 Å². The molecule has 2 aromatic heterocycles. The summed E-state index contributed by atoms with van der Waals surface area (Å²) < 4.78 is 4.42. The molecule has 4 nitrogen and oxygen atoms in total. The Morgan fingerprint density at radius 2 is 1.50 bits per heavy atom. The van der Waals surface area contributed by atoms with Gasteiger partial charge in [-0.1, -0.05) is 0 Å². The summed E-state index contributed by atoms with van der Waals surface area (Å²) >= 11 is 5.14. The zero-order chi connectivity index (χ0) is 8.72. The molecule has 0 bridgehead atoms. The first-order valence-electron chi connectivity index (χ1n) is 3.54. The van der Waals surface area contributed by atoms with Gasteiger partial charge in [0.15, 0.2) is 16.1 Å². The van der Waals surface area contributed by atoms with Gasteiger partial charge in [-0.2, -0.15) is 0 Å². The highest BCUT2D eigenvalue weighted by Crippen LogP contribution is 2.08. The SMILES string of the molecule is Cn1c(=S)n(C)c2nccnc21. The van der Waals surface area contributed by atoms with E-state index in [4.69, 9.17) is 12.2 Å². The van der Waals surface area contributed by atoms with Gasteiger partial charge < -0.3 is 9.13 Å². The van der Waals surface area contributed by atoms with Gasteiger partial charge in [-0.3, -0.25) is 0 Å². The molecule has 0 amide bonds. The Morgan fingerprint density at radius 3 is 1.92 bits per heavy atom. The predicted octanol–water partition coefficient (Wildman–Crippen LogP) is 1.04. The van der Waals surface area contributed by atoms with Crippen LogP contribution >= 0.6 is 12.2 Å². The number of rotatable bonds is 0. The summed E-state index contributed by atoms with van der Waals surface area (Å²) in [6, 6.07) is 0. The molecule has 0 spiro atoms. The third-order valence-electron chi connectivity index (χ3n) is 1.87. The van der Waals surface area contributed by atoms with Gasteiger partial charge >= 0.3 is 0 Å². The average molecular weight is 180 g/mol. The van der Waals surface area contributed by atoms with Gasteiger partial charge in [-0.25, -0.2) is 9.97 Å². The van der Waals surface area contributed by atoms with E-state index >= 15 is 0 Å². The van der Waals surface area contributed by atoms with Crippen LogP contribution in [0.2, 0.25) is 0 Å². The van der Waals surface area contributed by atoms with Crippen molar-refractivity contribution in [2.24, 2.45) is 14.1 Å². The van der Waals surface area contributed by atoms with Crippen LogP contribution in [0, 0.1) is 4.77 Å². The monoisotopic (exact) mass is 180 g/mol. The second-order valence-corrected chi connectivity index (χ2v) is 2.97. The molecular weight excluding hydrogens is 172 g/mol. The Bertz CT molecular complexity index is 440. The van der Waals surface area contributed by atoms with Crippen LogP contribution in [0.1, 0.15) is 0 Å². The molecule has 0 atom stereocenters. The van der Waals surface area contributed by atoms with E-state index in [1.165, 1.54) is 0 Å². The molecule has 0 aromatic carbocycles. The van der Waals surface area contributed by atoms with E-state index < -0.39 is 0 Å². The van der Waals surface area contributed by atoms with Crippen molar-refractivity contribution < 1.29 is 0 Å². The molecular formula is C7H8N4S. The molecule has 0 saturated carbocycles. The van der Waals surface area contributed by atoms with Gasteiger partial charge in [0.25, 0.3) is 0 Å². The van der Waals surface area contributed by atoms with E-state index in [2.05, 4.69) is 9.97 Å². The minimum absolute atomic E-state index is 0.733. The maximum Gasteiger partial charge on any atom is 0.182 e. The summed E-state index contributed by atoms with van der Waals surface area (Å²) in [6.07, 6.45) is 3.33. The van der Waals surface area contributed by atoms with Crippen molar-refractivity contribution >= 4 is 23.5 Å². The Kier molecular flexibility index (Phi) is 1.47. The fourth-order valence-corrected chi connectivity index (χ4v) is 1.38. The highest BCUT2D eigenvalue weighted by molar-refractivity contribution is 7.71. The molecule has 0 fully saturated rings. The lowest BCUT2D eigenvalue weighted by Crippen LogP contribution is -1.90. The average Bonchev–Trinajstić information content (AvgIpc) is 2.33. The minimum Gasteiger partial charge on any atom is -0.303 e. The largest absolute Gasteiger partial charge is 0.303 e. The molecule has 0 aliphatic heterocycles. The van der Waals surface area contributed by atoms with Crippen LogP contribution in [0.15, 0.2) is 12.4 Å². The Morgan fingerprint density at radius 1 is 1.08 bits per heavy atom. The van der Waals surface area contributed by atoms with Gasteiger partial charge in [0.1, 0.15) is 0 Å². The Hall–Kier alpha value is -1.23. The van der Waals surface area contributed by atoms with Gasteiger partial charge in [0.2, 0.25) is 0 Å². The zero-order valence-corrected chi connectivity index (χ0v) is 7.67. The number of hydrogen-bond donors (Lipinski definition) is 0. The van der Waals surface area contributed by atoms with Crippen molar-refractivity contribution in [3.05, 3.63) is 17.2 Å². The number of aryl methyl sites for hydroxylation is 2. The smallest absolute Gasteiger partial charge is 0.182 e. The molecule has 5 heteroatoms. The van der Waals surface area contributed by atoms with Crippen LogP contribution in [0.4, 0.5) is 0 Å². The van der Waals surface area contributed by atoms with Crippen molar-refractivity contribution in [2.45, 2.75) is 0 Å². The normalized spacial score (nSPS) is 10.8. The van der Waals surface area contributed by atoms with Crippen molar-refractivity contribution in [2.75, 3.05) is 0 Å². The van der Waals surface area contributed by atoms with E-state index in [1.54, 1.807) is 12.4 Å². The van der Waals surface area contributed by atoms with E-state index in [0.717, 1.165) is 16.1 Å². The molecule has 0 saturated heterocycles. The van der Waals surface area contributed by atoms with Crippen LogP contribution in [-0.2, 0) is 14.1 Å². The lowest BCUT2D eigenvalue weighted by Gasteiger charge is -1.89. The quantitative estimate of drug-likeness (QED) is 0.568. The molecule has 0 N–H and O–H groups in total. The molecule has 0 unspecified atom stereocenters. The fraction of sp³-hybridized carbons (Fsp3) is 0.286. The van der Waals surface area contributed by atoms with Crippen LogP contribution < -0.4 is 0 Å². The van der Waals surface area contributed by atoms with Gasteiger partial charge in [0, 0.05) is 26.5 Å². The summed E-state index contributed by atoms with van der Waals surface area (Å²) in [5.74, 6) is 0. The van der Waals surface area contributed by atoms with Gasteiger partial charge in [-0.05, 0) is 12.2 Å². The highest BCUT2D eigenvalue weighted by atomic mass is 32.1. The van der Waals surface area contributed by atoms with Gasteiger partial charge in [0.05, 0.1) is 0 Å². The first-order valence-corrected chi connectivity index (χ1v) is 3.95. The van der Waals surface area contributed by atoms with Crippen molar-refractivity contribution in [1.29, 1.82) is 0 Å². The maximum atomic E-state index is 5.14. The summed E-state index contributed by atoms with van der Waals surface area (Å²) in [4.78, 5) is 8.35. The van der Waals surface area contributed by atoms with E-state index in [0.29, 0.717) is 0 Å². The van der Waals surface area contributed by atoms with Crippen molar-refractivity contribution in [3.8, 4) is 0 Å². The zero-order valence-electron chi connectivity index (χ0n) is 6.85. The molecule has 0 aliphatic carbocycles. The minimum atomic E-state index is 0.733. The number of aromatic nitrogens is 4. The Balaban J connectivity index is 3.09. The third-order valence-corrected chi connectivity index (χ3v) is 2.42. The van der Waals surface area contributed by atoms with Crippen molar-refractivity contribution in [1.82, 2.24) is 19.1 Å². The van der Waals surface area contributed by atoms with E-state index in [1.807, 2.05) is 23.2 Å². The lowest BCUT2D eigenvalue weighted by atomic mass is 10.6. The van der Waals surface area contributed by atoms with Crippen LogP contribution in [-0.4, -0.2) is 19.1 Å². The summed E-state index contributed by atoms with van der Waals surface area (Å²) in [6.45, 7) is 0. The first kappa shape index (κ1) is 7.42. The second-order valence-electron chi connectivity index (χ2n) is 2.60. The summed E-state index contributed by atoms with van der Waals surface area (Å²) in [5.41, 5.74) is 1.65. The van der Waals surface area contributed by atoms with E-state index in [9.17, 15) is 0 Å². The fourth-order valence-electron chi connectivity index (χ4n) is 1.20. The third kappa shape index (κ3) is 0.797. The standard InChI is InChI=1S/C7H8N4S/c1-10-5-6(9-4-3-8-5)11(2)7(10)12/h3-4H,1-2H3. The van der Waals surface area contributed by atoms with Crippen LogP contribution in [0.25, 0.3) is 11.3 Å². The number of hydrogen-bond acceptors (Lipinski definition) is 3. The molecule has 2 rings (SSSR count). The number of fused-ring (bicyclic) bond motifs is 1. The molecule has 12 heavy (non-hydrogen) atoms. The van der Waals surface area contributed by atoms with Crippen molar-refractivity contribution in [3.63, 3.8) is 0 Å². The molecule has 2 heterocycles.